The van der Waals surface area contributed by atoms with Gasteiger partial charge in [-0.05, 0) is 24.5 Å². The van der Waals surface area contributed by atoms with E-state index in [4.69, 9.17) is 4.74 Å². The zero-order valence-corrected chi connectivity index (χ0v) is 11.7. The van der Waals surface area contributed by atoms with E-state index in [0.717, 1.165) is 18.4 Å². The Morgan fingerprint density at radius 2 is 1.90 bits per heavy atom. The number of hydrogen-bond acceptors (Lipinski definition) is 4. The van der Waals surface area contributed by atoms with Gasteiger partial charge < -0.3 is 4.74 Å². The third-order valence-corrected chi connectivity index (χ3v) is 5.55. The lowest BCUT2D eigenvalue weighted by molar-refractivity contribution is 0.296. The van der Waals surface area contributed by atoms with Crippen LogP contribution in [0.2, 0.25) is 0 Å². The molecule has 1 aliphatic carbocycles. The molecule has 0 radical (unpaired) electrons. The van der Waals surface area contributed by atoms with Crippen molar-refractivity contribution in [2.75, 3.05) is 0 Å². The number of hydrogen-bond donors (Lipinski definition) is 0. The van der Waals surface area contributed by atoms with E-state index in [2.05, 4.69) is 4.98 Å². The lowest BCUT2D eigenvalue weighted by Crippen LogP contribution is -2.10. The summed E-state index contributed by atoms with van der Waals surface area (Å²) < 4.78 is 30.3. The van der Waals surface area contributed by atoms with Crippen molar-refractivity contribution in [2.45, 2.75) is 29.6 Å². The Labute approximate surface area is 118 Å². The molecule has 3 rings (SSSR count). The Hall–Kier alpha value is -1.88. The van der Waals surface area contributed by atoms with Crippen molar-refractivity contribution in [3.05, 3.63) is 54.4 Å². The summed E-state index contributed by atoms with van der Waals surface area (Å²) in [4.78, 5) is 4.22. The second-order valence-electron chi connectivity index (χ2n) is 4.84. The van der Waals surface area contributed by atoms with E-state index < -0.39 is 9.84 Å². The Morgan fingerprint density at radius 3 is 2.60 bits per heavy atom. The average molecular weight is 289 g/mol. The maximum Gasteiger partial charge on any atom is 0.185 e. The highest BCUT2D eigenvalue weighted by Crippen LogP contribution is 2.37. The van der Waals surface area contributed by atoms with Crippen LogP contribution in [0, 0.1) is 0 Å². The molecule has 5 heteroatoms. The molecule has 104 valence electrons. The number of pyridine rings is 1. The van der Waals surface area contributed by atoms with E-state index >= 15 is 0 Å². The van der Waals surface area contributed by atoms with Crippen molar-refractivity contribution in [3.63, 3.8) is 0 Å². The maximum absolute atomic E-state index is 12.3. The van der Waals surface area contributed by atoms with Gasteiger partial charge in [0.1, 0.15) is 11.5 Å². The van der Waals surface area contributed by atoms with Crippen LogP contribution in [0.15, 0.2) is 53.7 Å². The van der Waals surface area contributed by atoms with Crippen LogP contribution in [-0.2, 0) is 16.4 Å². The Bertz CT molecular complexity index is 694. The molecule has 0 atom stereocenters. The van der Waals surface area contributed by atoms with Crippen LogP contribution in [0.4, 0.5) is 0 Å². The van der Waals surface area contributed by atoms with Gasteiger partial charge in [-0.2, -0.15) is 0 Å². The summed E-state index contributed by atoms with van der Waals surface area (Å²) in [6, 6.07) is 11.2. The molecule has 1 aromatic heterocycles. The Morgan fingerprint density at radius 1 is 1.15 bits per heavy atom. The summed E-state index contributed by atoms with van der Waals surface area (Å²) in [6.45, 7) is 0.333. The molecule has 1 aliphatic rings. The highest BCUT2D eigenvalue weighted by Gasteiger charge is 2.38. The first-order chi connectivity index (χ1) is 9.68. The first kappa shape index (κ1) is 13.1. The zero-order chi connectivity index (χ0) is 14.0. The average Bonchev–Trinajstić information content (AvgIpc) is 3.31. The molecule has 0 N–H and O–H groups in total. The quantitative estimate of drug-likeness (QED) is 0.849. The van der Waals surface area contributed by atoms with Crippen LogP contribution in [0.1, 0.15) is 18.4 Å². The number of nitrogens with zero attached hydrogens (tertiary/aromatic N) is 1. The molecule has 0 bridgehead atoms. The normalized spacial score (nSPS) is 15.0. The van der Waals surface area contributed by atoms with E-state index in [1.165, 1.54) is 18.5 Å². The molecule has 1 heterocycles. The second kappa shape index (κ2) is 5.25. The second-order valence-corrected chi connectivity index (χ2v) is 7.04. The van der Waals surface area contributed by atoms with E-state index in [1.807, 2.05) is 30.3 Å². The lowest BCUT2D eigenvalue weighted by atomic mass is 10.2. The van der Waals surface area contributed by atoms with Crippen LogP contribution >= 0.6 is 0 Å². The number of benzene rings is 1. The number of rotatable bonds is 5. The minimum absolute atomic E-state index is 0.246. The summed E-state index contributed by atoms with van der Waals surface area (Å²) >= 11 is 0. The Kier molecular flexibility index (Phi) is 3.44. The highest BCUT2D eigenvalue weighted by atomic mass is 32.2. The van der Waals surface area contributed by atoms with Crippen LogP contribution in [0.5, 0.6) is 5.75 Å². The largest absolute Gasteiger partial charge is 0.486 e. The molecule has 1 saturated carbocycles. The third-order valence-electron chi connectivity index (χ3n) is 3.25. The topological polar surface area (TPSA) is 56.3 Å². The van der Waals surface area contributed by atoms with Crippen LogP contribution in [0.25, 0.3) is 0 Å². The fraction of sp³-hybridized carbons (Fsp3) is 0.267. The van der Waals surface area contributed by atoms with E-state index in [-0.39, 0.29) is 10.1 Å². The van der Waals surface area contributed by atoms with Gasteiger partial charge in [0.05, 0.1) is 11.4 Å². The predicted octanol–water partition coefficient (Wildman–Crippen LogP) is 2.60. The highest BCUT2D eigenvalue weighted by molar-refractivity contribution is 7.92. The first-order valence-electron chi connectivity index (χ1n) is 6.52. The SMILES string of the molecule is O=S(=O)(c1ccncc1OCc1ccccc1)C1CC1. The van der Waals surface area contributed by atoms with Gasteiger partial charge in [-0.3, -0.25) is 4.98 Å². The van der Waals surface area contributed by atoms with Gasteiger partial charge in [0, 0.05) is 6.20 Å². The third kappa shape index (κ3) is 2.67. The van der Waals surface area contributed by atoms with Crippen molar-refractivity contribution in [2.24, 2.45) is 0 Å². The maximum atomic E-state index is 12.3. The van der Waals surface area contributed by atoms with Crippen molar-refractivity contribution < 1.29 is 13.2 Å². The van der Waals surface area contributed by atoms with Crippen molar-refractivity contribution in [3.8, 4) is 5.75 Å². The zero-order valence-electron chi connectivity index (χ0n) is 10.9. The summed E-state index contributed by atoms with van der Waals surface area (Å²) in [7, 11) is -3.27. The standard InChI is InChI=1S/C15H15NO3S/c17-20(18,13-6-7-13)15-8-9-16-10-14(15)19-11-12-4-2-1-3-5-12/h1-5,8-10,13H,6-7,11H2. The molecule has 2 aromatic rings. The van der Waals surface area contributed by atoms with Gasteiger partial charge in [0.15, 0.2) is 15.6 Å². The molecule has 1 aromatic carbocycles. The molecule has 0 saturated heterocycles. The minimum atomic E-state index is -3.27. The van der Waals surface area contributed by atoms with Crippen molar-refractivity contribution >= 4 is 9.84 Å². The lowest BCUT2D eigenvalue weighted by Gasteiger charge is -2.11. The smallest absolute Gasteiger partial charge is 0.185 e. The summed E-state index contributed by atoms with van der Waals surface area (Å²) in [5.74, 6) is 0.336. The van der Waals surface area contributed by atoms with E-state index in [0.29, 0.717) is 12.4 Å². The molecule has 0 spiro atoms. The first-order valence-corrected chi connectivity index (χ1v) is 8.07. The van der Waals surface area contributed by atoms with Crippen LogP contribution < -0.4 is 4.74 Å². The fourth-order valence-electron chi connectivity index (χ4n) is 2.00. The summed E-state index contributed by atoms with van der Waals surface area (Å²) in [6.07, 6.45) is 4.44. The molecular formula is C15H15NO3S. The van der Waals surface area contributed by atoms with Gasteiger partial charge in [0.2, 0.25) is 0 Å². The molecule has 1 fully saturated rings. The van der Waals surface area contributed by atoms with Crippen molar-refractivity contribution in [1.82, 2.24) is 4.98 Å². The van der Waals surface area contributed by atoms with E-state index in [1.54, 1.807) is 0 Å². The van der Waals surface area contributed by atoms with Crippen LogP contribution in [0.3, 0.4) is 0 Å². The van der Waals surface area contributed by atoms with Gasteiger partial charge in [-0.1, -0.05) is 30.3 Å². The predicted molar refractivity (Wildman–Crippen MR) is 75.2 cm³/mol. The molecule has 0 amide bonds. The molecular weight excluding hydrogens is 274 g/mol. The molecule has 0 aliphatic heterocycles. The van der Waals surface area contributed by atoms with Gasteiger partial charge in [-0.25, -0.2) is 8.42 Å². The van der Waals surface area contributed by atoms with E-state index in [9.17, 15) is 8.42 Å². The fourth-order valence-corrected chi connectivity index (χ4v) is 3.76. The molecule has 0 unspecified atom stereocenters. The van der Waals surface area contributed by atoms with Gasteiger partial charge >= 0.3 is 0 Å². The summed E-state index contributed by atoms with van der Waals surface area (Å²) in [5.41, 5.74) is 0.992. The number of aromatic nitrogens is 1. The number of ether oxygens (including phenoxy) is 1. The minimum Gasteiger partial charge on any atom is -0.486 e. The summed E-state index contributed by atoms with van der Waals surface area (Å²) in [5, 5.41) is -0.246. The molecule has 20 heavy (non-hydrogen) atoms. The van der Waals surface area contributed by atoms with Gasteiger partial charge in [-0.15, -0.1) is 0 Å². The van der Waals surface area contributed by atoms with Crippen LogP contribution in [-0.4, -0.2) is 18.7 Å². The Balaban J connectivity index is 1.83. The van der Waals surface area contributed by atoms with Crippen molar-refractivity contribution in [1.29, 1.82) is 0 Å². The number of sulfone groups is 1. The van der Waals surface area contributed by atoms with Gasteiger partial charge in [0.25, 0.3) is 0 Å². The molecule has 4 nitrogen and oxygen atoms in total. The monoisotopic (exact) mass is 289 g/mol.